The first-order valence-electron chi connectivity index (χ1n) is 6.27. The Morgan fingerprint density at radius 1 is 1.41 bits per heavy atom. The largest absolute Gasteiger partial charge is 0.380 e. The average Bonchev–Trinajstić information content (AvgIpc) is 2.83. The smallest absolute Gasteiger partial charge is 0.0713 e. The molecule has 3 nitrogen and oxygen atoms in total. The minimum atomic E-state index is 0.682. The predicted molar refractivity (Wildman–Crippen MR) is 69.9 cm³/mol. The number of hydrogen-bond donors (Lipinski definition) is 1. The molecule has 1 unspecified atom stereocenters. The van der Waals surface area contributed by atoms with E-state index in [4.69, 9.17) is 4.74 Å². The quantitative estimate of drug-likeness (QED) is 0.838. The van der Waals surface area contributed by atoms with Gasteiger partial charge in [0.05, 0.1) is 6.61 Å². The van der Waals surface area contributed by atoms with Crippen LogP contribution in [0.25, 0.3) is 0 Å². The Morgan fingerprint density at radius 2 is 2.24 bits per heavy atom. The Bertz CT molecular complexity index is 348. The highest BCUT2D eigenvalue weighted by molar-refractivity contribution is 5.23. The molecular formula is C14H22N2O. The van der Waals surface area contributed by atoms with E-state index in [0.717, 1.165) is 19.6 Å². The molecule has 0 aliphatic carbocycles. The molecule has 1 saturated heterocycles. The van der Waals surface area contributed by atoms with Gasteiger partial charge >= 0.3 is 0 Å². The zero-order valence-corrected chi connectivity index (χ0v) is 10.8. The van der Waals surface area contributed by atoms with Crippen LogP contribution in [0.1, 0.15) is 17.5 Å². The van der Waals surface area contributed by atoms with Crippen molar-refractivity contribution < 1.29 is 4.74 Å². The van der Waals surface area contributed by atoms with Crippen molar-refractivity contribution in [3.63, 3.8) is 0 Å². The van der Waals surface area contributed by atoms with Crippen molar-refractivity contribution in [2.45, 2.75) is 25.6 Å². The predicted octanol–water partition coefficient (Wildman–Crippen LogP) is 1.63. The van der Waals surface area contributed by atoms with E-state index in [1.165, 1.54) is 17.5 Å². The minimum Gasteiger partial charge on any atom is -0.380 e. The molecule has 1 aliphatic rings. The number of rotatable bonds is 5. The Kier molecular flexibility index (Phi) is 4.54. The molecule has 2 rings (SSSR count). The highest BCUT2D eigenvalue weighted by atomic mass is 16.5. The van der Waals surface area contributed by atoms with E-state index in [1.807, 2.05) is 0 Å². The fraction of sp³-hybridized carbons (Fsp3) is 0.571. The van der Waals surface area contributed by atoms with E-state index in [9.17, 15) is 0 Å². The number of benzene rings is 1. The normalized spacial score (nSPS) is 20.1. The number of likely N-dealkylation sites (N-methyl/N-ethyl adjacent to an activating group) is 1. The summed E-state index contributed by atoms with van der Waals surface area (Å²) in [7, 11) is 3.95. The molecule has 1 aromatic rings. The molecule has 1 N–H and O–H groups in total. The highest BCUT2D eigenvalue weighted by Crippen LogP contribution is 2.13. The summed E-state index contributed by atoms with van der Waals surface area (Å²) in [6.07, 6.45) is 1.26. The molecule has 1 atom stereocenters. The van der Waals surface area contributed by atoms with Gasteiger partial charge < -0.3 is 10.1 Å². The van der Waals surface area contributed by atoms with Gasteiger partial charge in [-0.05, 0) is 31.1 Å². The second-order valence-corrected chi connectivity index (χ2v) is 4.81. The van der Waals surface area contributed by atoms with E-state index < -0.39 is 0 Å². The molecule has 17 heavy (non-hydrogen) atoms. The summed E-state index contributed by atoms with van der Waals surface area (Å²) in [5, 5.41) is 3.41. The fourth-order valence-corrected chi connectivity index (χ4v) is 2.42. The van der Waals surface area contributed by atoms with Gasteiger partial charge in [-0.2, -0.15) is 0 Å². The third-order valence-corrected chi connectivity index (χ3v) is 3.39. The molecule has 0 bridgehead atoms. The average molecular weight is 234 g/mol. The molecule has 1 aliphatic heterocycles. The van der Waals surface area contributed by atoms with Crippen LogP contribution in [0.2, 0.25) is 0 Å². The fourth-order valence-electron chi connectivity index (χ4n) is 2.42. The van der Waals surface area contributed by atoms with Crippen LogP contribution in [-0.2, 0) is 17.9 Å². The summed E-state index contributed by atoms with van der Waals surface area (Å²) >= 11 is 0. The van der Waals surface area contributed by atoms with Crippen molar-refractivity contribution in [3.8, 4) is 0 Å². The first kappa shape index (κ1) is 12.6. The zero-order valence-electron chi connectivity index (χ0n) is 10.8. The molecule has 0 spiro atoms. The number of nitrogens with one attached hydrogen (secondary N) is 1. The highest BCUT2D eigenvalue weighted by Gasteiger charge is 2.18. The maximum atomic E-state index is 5.16. The van der Waals surface area contributed by atoms with Crippen molar-refractivity contribution >= 4 is 0 Å². The van der Waals surface area contributed by atoms with Crippen molar-refractivity contribution in [1.82, 2.24) is 10.2 Å². The molecule has 0 radical (unpaired) electrons. The summed E-state index contributed by atoms with van der Waals surface area (Å²) < 4.78 is 5.16. The van der Waals surface area contributed by atoms with Gasteiger partial charge in [0.25, 0.3) is 0 Å². The second-order valence-electron chi connectivity index (χ2n) is 4.81. The van der Waals surface area contributed by atoms with Crippen molar-refractivity contribution in [2.24, 2.45) is 0 Å². The van der Waals surface area contributed by atoms with Crippen molar-refractivity contribution in [3.05, 3.63) is 35.4 Å². The second kappa shape index (κ2) is 6.15. The Morgan fingerprint density at radius 3 is 2.94 bits per heavy atom. The van der Waals surface area contributed by atoms with Gasteiger partial charge in [-0.25, -0.2) is 0 Å². The zero-order chi connectivity index (χ0) is 12.1. The van der Waals surface area contributed by atoms with Crippen LogP contribution in [0, 0.1) is 0 Å². The number of methoxy groups -OCH3 is 1. The lowest BCUT2D eigenvalue weighted by Crippen LogP contribution is -2.32. The van der Waals surface area contributed by atoms with Crippen LogP contribution in [0.15, 0.2) is 24.3 Å². The van der Waals surface area contributed by atoms with Gasteiger partial charge in [0.1, 0.15) is 0 Å². The van der Waals surface area contributed by atoms with Crippen LogP contribution in [0.4, 0.5) is 0 Å². The summed E-state index contributed by atoms with van der Waals surface area (Å²) in [6, 6.07) is 9.34. The van der Waals surface area contributed by atoms with E-state index in [0.29, 0.717) is 12.6 Å². The topological polar surface area (TPSA) is 24.5 Å². The molecule has 0 amide bonds. The van der Waals surface area contributed by atoms with Gasteiger partial charge in [0.15, 0.2) is 0 Å². The van der Waals surface area contributed by atoms with E-state index >= 15 is 0 Å². The summed E-state index contributed by atoms with van der Waals surface area (Å²) in [5.74, 6) is 0. The SMILES string of the molecule is COCc1cccc(CN(C)C2CCNC2)c1. The molecule has 0 saturated carbocycles. The van der Waals surface area contributed by atoms with Crippen LogP contribution in [0.5, 0.6) is 0 Å². The Hall–Kier alpha value is -0.900. The van der Waals surface area contributed by atoms with Gasteiger partial charge in [0.2, 0.25) is 0 Å². The number of hydrogen-bond acceptors (Lipinski definition) is 3. The van der Waals surface area contributed by atoms with E-state index in [-0.39, 0.29) is 0 Å². The molecule has 3 heteroatoms. The van der Waals surface area contributed by atoms with Crippen molar-refractivity contribution in [2.75, 3.05) is 27.2 Å². The van der Waals surface area contributed by atoms with Gasteiger partial charge in [-0.15, -0.1) is 0 Å². The summed E-state index contributed by atoms with van der Waals surface area (Å²) in [5.41, 5.74) is 2.62. The molecule has 94 valence electrons. The molecule has 0 aromatic heterocycles. The first-order chi connectivity index (χ1) is 8.29. The lowest BCUT2D eigenvalue weighted by Gasteiger charge is -2.23. The monoisotopic (exact) mass is 234 g/mol. The Balaban J connectivity index is 1.94. The van der Waals surface area contributed by atoms with Crippen LogP contribution >= 0.6 is 0 Å². The standard InChI is InChI=1S/C14H22N2O/c1-16(14-6-7-15-9-14)10-12-4-3-5-13(8-12)11-17-2/h3-5,8,14-15H,6-7,9-11H2,1-2H3. The third kappa shape index (κ3) is 3.53. The van der Waals surface area contributed by atoms with E-state index in [1.54, 1.807) is 7.11 Å². The third-order valence-electron chi connectivity index (χ3n) is 3.39. The van der Waals surface area contributed by atoms with Crippen LogP contribution < -0.4 is 5.32 Å². The number of ether oxygens (including phenoxy) is 1. The molecular weight excluding hydrogens is 212 g/mol. The maximum Gasteiger partial charge on any atom is 0.0713 e. The van der Waals surface area contributed by atoms with Crippen molar-refractivity contribution in [1.29, 1.82) is 0 Å². The van der Waals surface area contributed by atoms with Crippen LogP contribution in [-0.4, -0.2) is 38.2 Å². The maximum absolute atomic E-state index is 5.16. The lowest BCUT2D eigenvalue weighted by molar-refractivity contribution is 0.184. The molecule has 1 heterocycles. The first-order valence-corrected chi connectivity index (χ1v) is 6.27. The van der Waals surface area contributed by atoms with Crippen LogP contribution in [0.3, 0.4) is 0 Å². The molecule has 1 aromatic carbocycles. The summed E-state index contributed by atoms with van der Waals surface area (Å²) in [6.45, 7) is 3.99. The van der Waals surface area contributed by atoms with E-state index in [2.05, 4.69) is 41.5 Å². The Labute approximate surface area is 104 Å². The lowest BCUT2D eigenvalue weighted by atomic mass is 10.1. The van der Waals surface area contributed by atoms with Gasteiger partial charge in [-0.1, -0.05) is 24.3 Å². The minimum absolute atomic E-state index is 0.682. The summed E-state index contributed by atoms with van der Waals surface area (Å²) in [4.78, 5) is 2.44. The van der Waals surface area contributed by atoms with Gasteiger partial charge in [-0.3, -0.25) is 4.90 Å². The number of nitrogens with zero attached hydrogens (tertiary/aromatic N) is 1. The van der Waals surface area contributed by atoms with Gasteiger partial charge in [0, 0.05) is 26.2 Å². The molecule has 1 fully saturated rings.